The molecule has 0 unspecified atom stereocenters. The molecule has 0 bridgehead atoms. The molecule has 2 heteroatoms. The predicted octanol–water partition coefficient (Wildman–Crippen LogP) is 4.52. The first-order valence-corrected chi connectivity index (χ1v) is 7.84. The van der Waals surface area contributed by atoms with Crippen LogP contribution < -0.4 is 5.32 Å². The highest BCUT2D eigenvalue weighted by atomic mass is 19.1. The van der Waals surface area contributed by atoms with Gasteiger partial charge in [-0.05, 0) is 54.8 Å². The van der Waals surface area contributed by atoms with Gasteiger partial charge in [0.15, 0.2) is 0 Å². The molecule has 1 aliphatic rings. The zero-order valence-corrected chi connectivity index (χ0v) is 13.3. The Kier molecular flexibility index (Phi) is 4.53. The van der Waals surface area contributed by atoms with Crippen LogP contribution in [-0.4, -0.2) is 13.1 Å². The summed E-state index contributed by atoms with van der Waals surface area (Å²) in [5.74, 6) is 0.616. The van der Waals surface area contributed by atoms with Crippen LogP contribution in [0.1, 0.15) is 52.5 Å². The van der Waals surface area contributed by atoms with Crippen molar-refractivity contribution in [3.63, 3.8) is 0 Å². The summed E-state index contributed by atoms with van der Waals surface area (Å²) in [5, 5.41) is 3.55. The van der Waals surface area contributed by atoms with E-state index in [2.05, 4.69) is 39.1 Å². The lowest BCUT2D eigenvalue weighted by Gasteiger charge is -2.53. The number of benzene rings is 1. The van der Waals surface area contributed by atoms with Gasteiger partial charge in [-0.1, -0.05) is 39.8 Å². The van der Waals surface area contributed by atoms with Crippen molar-refractivity contribution in [1.82, 2.24) is 5.32 Å². The molecular formula is C18H28FN. The summed E-state index contributed by atoms with van der Waals surface area (Å²) in [6.45, 7) is 11.1. The predicted molar refractivity (Wildman–Crippen MR) is 83.4 cm³/mol. The maximum atomic E-state index is 13.6. The molecule has 112 valence electrons. The lowest BCUT2D eigenvalue weighted by molar-refractivity contribution is 0.0448. The molecule has 0 radical (unpaired) electrons. The van der Waals surface area contributed by atoms with Gasteiger partial charge in [0, 0.05) is 12.0 Å². The van der Waals surface area contributed by atoms with Crippen LogP contribution in [0.25, 0.3) is 0 Å². The van der Waals surface area contributed by atoms with E-state index in [9.17, 15) is 4.39 Å². The number of halogens is 1. The van der Waals surface area contributed by atoms with E-state index in [1.54, 1.807) is 6.07 Å². The van der Waals surface area contributed by atoms with Crippen LogP contribution in [0.5, 0.6) is 0 Å². The summed E-state index contributed by atoms with van der Waals surface area (Å²) in [4.78, 5) is 0. The van der Waals surface area contributed by atoms with E-state index < -0.39 is 0 Å². The van der Waals surface area contributed by atoms with Gasteiger partial charge in [-0.25, -0.2) is 4.39 Å². The Morgan fingerprint density at radius 1 is 1.30 bits per heavy atom. The van der Waals surface area contributed by atoms with E-state index in [0.29, 0.717) is 5.41 Å². The highest BCUT2D eigenvalue weighted by Gasteiger charge is 2.49. The monoisotopic (exact) mass is 277 g/mol. The van der Waals surface area contributed by atoms with Crippen LogP contribution in [0.2, 0.25) is 0 Å². The van der Waals surface area contributed by atoms with Gasteiger partial charge >= 0.3 is 0 Å². The van der Waals surface area contributed by atoms with E-state index >= 15 is 0 Å². The maximum absolute atomic E-state index is 13.6. The summed E-state index contributed by atoms with van der Waals surface area (Å²) < 4.78 is 13.6. The number of hydrogen-bond acceptors (Lipinski definition) is 1. The Labute approximate surface area is 123 Å². The van der Waals surface area contributed by atoms with Gasteiger partial charge in [-0.15, -0.1) is 0 Å². The van der Waals surface area contributed by atoms with Crippen molar-refractivity contribution in [2.24, 2.45) is 11.3 Å². The Morgan fingerprint density at radius 2 is 2.00 bits per heavy atom. The molecule has 1 N–H and O–H groups in total. The second kappa shape index (κ2) is 5.85. The molecule has 0 heterocycles. The van der Waals surface area contributed by atoms with Gasteiger partial charge in [0.05, 0.1) is 0 Å². The zero-order chi connectivity index (χ0) is 14.8. The highest BCUT2D eigenvalue weighted by Crippen LogP contribution is 2.54. The SMILES string of the molecule is CCCNCC1(c2cccc(F)c2)CC(C(C)(C)C)C1. The molecule has 0 aliphatic heterocycles. The van der Waals surface area contributed by atoms with Gasteiger partial charge in [-0.2, -0.15) is 0 Å². The molecule has 20 heavy (non-hydrogen) atoms. The molecule has 0 saturated heterocycles. The first-order chi connectivity index (χ1) is 9.37. The number of hydrogen-bond donors (Lipinski definition) is 1. The second-order valence-electron chi connectivity index (χ2n) is 7.44. The molecule has 1 aromatic carbocycles. The van der Waals surface area contributed by atoms with E-state index in [1.807, 2.05) is 6.07 Å². The van der Waals surface area contributed by atoms with Gasteiger partial charge in [0.2, 0.25) is 0 Å². The Morgan fingerprint density at radius 3 is 2.55 bits per heavy atom. The van der Waals surface area contributed by atoms with E-state index in [0.717, 1.165) is 38.3 Å². The molecular weight excluding hydrogens is 249 g/mol. The molecule has 1 saturated carbocycles. The van der Waals surface area contributed by atoms with E-state index in [1.165, 1.54) is 11.6 Å². The molecule has 1 aliphatic carbocycles. The highest BCUT2D eigenvalue weighted by molar-refractivity contribution is 5.30. The Balaban J connectivity index is 2.15. The minimum absolute atomic E-state index is 0.114. The van der Waals surface area contributed by atoms with Crippen LogP contribution in [0.4, 0.5) is 4.39 Å². The van der Waals surface area contributed by atoms with Crippen molar-refractivity contribution in [2.45, 2.75) is 52.4 Å². The van der Waals surface area contributed by atoms with E-state index in [4.69, 9.17) is 0 Å². The smallest absolute Gasteiger partial charge is 0.123 e. The van der Waals surface area contributed by atoms with Crippen molar-refractivity contribution in [2.75, 3.05) is 13.1 Å². The fourth-order valence-electron chi connectivity index (χ4n) is 3.30. The lowest BCUT2D eigenvalue weighted by Crippen LogP contribution is -2.52. The van der Waals surface area contributed by atoms with Gasteiger partial charge in [0.1, 0.15) is 5.82 Å². The van der Waals surface area contributed by atoms with Gasteiger partial charge in [0.25, 0.3) is 0 Å². The number of rotatable bonds is 5. The third-order valence-electron chi connectivity index (χ3n) is 4.83. The molecule has 0 atom stereocenters. The summed E-state index contributed by atoms with van der Waals surface area (Å²) in [7, 11) is 0. The maximum Gasteiger partial charge on any atom is 0.123 e. The topological polar surface area (TPSA) is 12.0 Å². The quantitative estimate of drug-likeness (QED) is 0.780. The standard InChI is InChI=1S/C18H28FN/c1-5-9-20-13-18(11-15(12-18)17(2,3)4)14-7-6-8-16(19)10-14/h6-8,10,15,20H,5,9,11-13H2,1-4H3. The molecule has 1 nitrogen and oxygen atoms in total. The average molecular weight is 277 g/mol. The van der Waals surface area contributed by atoms with Crippen LogP contribution in [0.15, 0.2) is 24.3 Å². The minimum atomic E-state index is -0.114. The van der Waals surface area contributed by atoms with Crippen molar-refractivity contribution in [3.05, 3.63) is 35.6 Å². The summed E-state index contributed by atoms with van der Waals surface area (Å²) in [5.41, 5.74) is 1.65. The molecule has 1 fully saturated rings. The minimum Gasteiger partial charge on any atom is -0.316 e. The van der Waals surface area contributed by atoms with Crippen LogP contribution in [0, 0.1) is 17.2 Å². The summed E-state index contributed by atoms with van der Waals surface area (Å²) in [6.07, 6.45) is 3.47. The van der Waals surface area contributed by atoms with Crippen LogP contribution >= 0.6 is 0 Å². The molecule has 0 spiro atoms. The average Bonchev–Trinajstić information content (AvgIpc) is 2.30. The normalized spacial score (nSPS) is 26.4. The Hall–Kier alpha value is -0.890. The van der Waals surface area contributed by atoms with E-state index in [-0.39, 0.29) is 11.2 Å². The fraction of sp³-hybridized carbons (Fsp3) is 0.667. The molecule has 1 aromatic rings. The van der Waals surface area contributed by atoms with Crippen molar-refractivity contribution in [3.8, 4) is 0 Å². The van der Waals surface area contributed by atoms with Gasteiger partial charge < -0.3 is 5.32 Å². The molecule has 0 amide bonds. The second-order valence-corrected chi connectivity index (χ2v) is 7.44. The van der Waals surface area contributed by atoms with Crippen molar-refractivity contribution in [1.29, 1.82) is 0 Å². The van der Waals surface area contributed by atoms with Crippen molar-refractivity contribution < 1.29 is 4.39 Å². The molecule has 2 rings (SSSR count). The zero-order valence-electron chi connectivity index (χ0n) is 13.3. The van der Waals surface area contributed by atoms with Crippen molar-refractivity contribution >= 4 is 0 Å². The summed E-state index contributed by atoms with van der Waals surface area (Å²) in [6, 6.07) is 7.20. The molecule has 0 aromatic heterocycles. The Bertz CT molecular complexity index is 441. The summed E-state index contributed by atoms with van der Waals surface area (Å²) >= 11 is 0. The third-order valence-corrected chi connectivity index (χ3v) is 4.83. The van der Waals surface area contributed by atoms with Gasteiger partial charge in [-0.3, -0.25) is 0 Å². The fourth-order valence-corrected chi connectivity index (χ4v) is 3.30. The lowest BCUT2D eigenvalue weighted by atomic mass is 9.52. The first-order valence-electron chi connectivity index (χ1n) is 7.84. The third kappa shape index (κ3) is 3.22. The van der Waals surface area contributed by atoms with Crippen LogP contribution in [0.3, 0.4) is 0 Å². The number of nitrogens with one attached hydrogen (secondary N) is 1. The first kappa shape index (κ1) is 15.5. The van der Waals surface area contributed by atoms with Crippen LogP contribution in [-0.2, 0) is 5.41 Å². The largest absolute Gasteiger partial charge is 0.316 e.